The molecule has 5 aromatic rings. The first-order chi connectivity index (χ1) is 17.9. The van der Waals surface area contributed by atoms with Crippen LogP contribution in [0, 0.1) is 0 Å². The molecule has 0 radical (unpaired) electrons. The van der Waals surface area contributed by atoms with Gasteiger partial charge in [0.2, 0.25) is 20.0 Å². The predicted octanol–water partition coefficient (Wildman–Crippen LogP) is 3.95. The van der Waals surface area contributed by atoms with Gasteiger partial charge in [-0.1, -0.05) is 54.6 Å². The minimum Gasteiger partial charge on any atom is -0.264 e. The van der Waals surface area contributed by atoms with E-state index in [1.807, 2.05) is 30.3 Å². The van der Waals surface area contributed by atoms with Crippen molar-refractivity contribution in [1.82, 2.24) is 19.0 Å². The Labute approximate surface area is 215 Å². The number of fused-ring (bicyclic) bond motifs is 2. The third kappa shape index (κ3) is 5.23. The van der Waals surface area contributed by atoms with Crippen LogP contribution in [0.2, 0.25) is 0 Å². The molecule has 188 valence electrons. The zero-order valence-corrected chi connectivity index (χ0v) is 21.4. The number of nitrogens with zero attached hydrogens (tertiary/aromatic N) is 3. The van der Waals surface area contributed by atoms with Crippen molar-refractivity contribution in [3.63, 3.8) is 0 Å². The van der Waals surface area contributed by atoms with Crippen molar-refractivity contribution in [3.8, 4) is 0 Å². The van der Waals surface area contributed by atoms with Crippen molar-refractivity contribution in [2.24, 2.45) is 0 Å². The SMILES string of the molecule is O=S(=O)(NCCN(Cc1ccccc1)S(=O)(=O)c1cccc2cnccc12)c1cccc2cnccc12. The Kier molecular flexibility index (Phi) is 6.98. The molecule has 0 aliphatic carbocycles. The fraction of sp³-hybridized carbons (Fsp3) is 0.111. The van der Waals surface area contributed by atoms with E-state index >= 15 is 0 Å². The summed E-state index contributed by atoms with van der Waals surface area (Å²) in [6, 6.07) is 22.5. The van der Waals surface area contributed by atoms with E-state index in [9.17, 15) is 16.8 Å². The van der Waals surface area contributed by atoms with Crippen LogP contribution in [-0.2, 0) is 26.6 Å². The van der Waals surface area contributed by atoms with Gasteiger partial charge in [-0.2, -0.15) is 4.31 Å². The summed E-state index contributed by atoms with van der Waals surface area (Å²) >= 11 is 0. The first-order valence-electron chi connectivity index (χ1n) is 11.6. The molecule has 0 amide bonds. The van der Waals surface area contributed by atoms with Crippen LogP contribution in [0.1, 0.15) is 5.56 Å². The zero-order valence-electron chi connectivity index (χ0n) is 19.7. The summed E-state index contributed by atoms with van der Waals surface area (Å²) < 4.78 is 58.0. The van der Waals surface area contributed by atoms with Crippen molar-refractivity contribution < 1.29 is 16.8 Å². The van der Waals surface area contributed by atoms with Crippen LogP contribution in [0.25, 0.3) is 21.5 Å². The van der Waals surface area contributed by atoms with E-state index in [1.54, 1.807) is 61.1 Å². The van der Waals surface area contributed by atoms with Gasteiger partial charge in [-0.15, -0.1) is 0 Å². The van der Waals surface area contributed by atoms with Gasteiger partial charge in [-0.3, -0.25) is 9.97 Å². The fourth-order valence-corrected chi connectivity index (χ4v) is 7.13. The third-order valence-corrected chi connectivity index (χ3v) is 9.47. The molecule has 0 spiro atoms. The molecule has 0 aliphatic heterocycles. The largest absolute Gasteiger partial charge is 0.264 e. The summed E-state index contributed by atoms with van der Waals surface area (Å²) in [6.07, 6.45) is 6.30. The van der Waals surface area contributed by atoms with Crippen LogP contribution in [0.3, 0.4) is 0 Å². The normalized spacial score (nSPS) is 12.4. The lowest BCUT2D eigenvalue weighted by Crippen LogP contribution is -2.38. The van der Waals surface area contributed by atoms with Crippen LogP contribution in [-0.4, -0.2) is 44.2 Å². The smallest absolute Gasteiger partial charge is 0.244 e. The molecule has 0 aliphatic rings. The first-order valence-corrected chi connectivity index (χ1v) is 14.5. The summed E-state index contributed by atoms with van der Waals surface area (Å²) in [5.41, 5.74) is 0.789. The molecule has 1 N–H and O–H groups in total. The van der Waals surface area contributed by atoms with Crippen LogP contribution >= 0.6 is 0 Å². The molecule has 5 rings (SSSR count). The lowest BCUT2D eigenvalue weighted by atomic mass is 10.2. The molecule has 0 saturated heterocycles. The second-order valence-corrected chi connectivity index (χ2v) is 12.1. The molecular formula is C27H24N4O4S2. The van der Waals surface area contributed by atoms with Gasteiger partial charge in [0.25, 0.3) is 0 Å². The second kappa shape index (κ2) is 10.3. The number of benzene rings is 3. The number of hydrogen-bond acceptors (Lipinski definition) is 6. The Hall–Kier alpha value is -3.70. The van der Waals surface area contributed by atoms with Crippen molar-refractivity contribution in [2.45, 2.75) is 16.3 Å². The van der Waals surface area contributed by atoms with E-state index in [0.29, 0.717) is 21.5 Å². The summed E-state index contributed by atoms with van der Waals surface area (Å²) in [4.78, 5) is 8.40. The Morgan fingerprint density at radius 2 is 1.27 bits per heavy atom. The van der Waals surface area contributed by atoms with Gasteiger partial charge >= 0.3 is 0 Å². The van der Waals surface area contributed by atoms with Gasteiger partial charge < -0.3 is 0 Å². The average Bonchev–Trinajstić information content (AvgIpc) is 2.92. The van der Waals surface area contributed by atoms with E-state index in [0.717, 1.165) is 5.56 Å². The highest BCUT2D eigenvalue weighted by molar-refractivity contribution is 7.90. The lowest BCUT2D eigenvalue weighted by Gasteiger charge is -2.23. The number of rotatable bonds is 9. The molecule has 0 unspecified atom stereocenters. The van der Waals surface area contributed by atoms with Gasteiger partial charge in [-0.25, -0.2) is 21.6 Å². The van der Waals surface area contributed by atoms with Gasteiger partial charge in [0.15, 0.2) is 0 Å². The van der Waals surface area contributed by atoms with Gasteiger partial charge in [-0.05, 0) is 29.8 Å². The van der Waals surface area contributed by atoms with Crippen molar-refractivity contribution >= 4 is 41.6 Å². The molecule has 3 aromatic carbocycles. The highest BCUT2D eigenvalue weighted by Crippen LogP contribution is 2.26. The van der Waals surface area contributed by atoms with E-state index in [1.165, 1.54) is 16.6 Å². The Morgan fingerprint density at radius 1 is 0.676 bits per heavy atom. The molecule has 0 bridgehead atoms. The Morgan fingerprint density at radius 3 is 1.92 bits per heavy atom. The van der Waals surface area contributed by atoms with Crippen LogP contribution < -0.4 is 4.72 Å². The Bertz CT molecular complexity index is 1770. The van der Waals surface area contributed by atoms with Crippen molar-refractivity contribution in [1.29, 1.82) is 0 Å². The van der Waals surface area contributed by atoms with Crippen LogP contribution in [0.5, 0.6) is 0 Å². The molecule has 37 heavy (non-hydrogen) atoms. The molecule has 0 fully saturated rings. The number of pyridine rings is 2. The monoisotopic (exact) mass is 532 g/mol. The topological polar surface area (TPSA) is 109 Å². The van der Waals surface area contributed by atoms with Crippen molar-refractivity contribution in [2.75, 3.05) is 13.1 Å². The summed E-state index contributed by atoms with van der Waals surface area (Å²) in [7, 11) is -7.89. The number of nitrogens with one attached hydrogen (secondary N) is 1. The first kappa shape index (κ1) is 25.0. The van der Waals surface area contributed by atoms with E-state index in [2.05, 4.69) is 14.7 Å². The maximum absolute atomic E-state index is 13.9. The fourth-order valence-electron chi connectivity index (χ4n) is 4.24. The van der Waals surface area contributed by atoms with E-state index < -0.39 is 20.0 Å². The van der Waals surface area contributed by atoms with Gasteiger partial charge in [0.1, 0.15) is 0 Å². The molecule has 10 heteroatoms. The highest BCUT2D eigenvalue weighted by Gasteiger charge is 2.27. The predicted molar refractivity (Wildman–Crippen MR) is 143 cm³/mol. The summed E-state index contributed by atoms with van der Waals surface area (Å²) in [6.45, 7) is -0.0846. The maximum atomic E-state index is 13.9. The Balaban J connectivity index is 1.45. The summed E-state index contributed by atoms with van der Waals surface area (Å²) in [5.74, 6) is 0. The van der Waals surface area contributed by atoms with E-state index in [-0.39, 0.29) is 29.4 Å². The molecule has 8 nitrogen and oxygen atoms in total. The van der Waals surface area contributed by atoms with Crippen LogP contribution in [0.15, 0.2) is 113 Å². The van der Waals surface area contributed by atoms with Gasteiger partial charge in [0, 0.05) is 66.0 Å². The molecular weight excluding hydrogens is 508 g/mol. The molecule has 2 heterocycles. The third-order valence-electron chi connectivity index (χ3n) is 6.04. The number of sulfonamides is 2. The molecule has 0 saturated carbocycles. The number of hydrogen-bond donors (Lipinski definition) is 1. The lowest BCUT2D eigenvalue weighted by molar-refractivity contribution is 0.409. The van der Waals surface area contributed by atoms with Crippen molar-refractivity contribution in [3.05, 3.63) is 109 Å². The van der Waals surface area contributed by atoms with Crippen LogP contribution in [0.4, 0.5) is 0 Å². The highest BCUT2D eigenvalue weighted by atomic mass is 32.2. The van der Waals surface area contributed by atoms with E-state index in [4.69, 9.17) is 0 Å². The van der Waals surface area contributed by atoms with Gasteiger partial charge in [0.05, 0.1) is 9.79 Å². The molecule has 0 atom stereocenters. The standard InChI is InChI=1S/C27H24N4O4S2/c32-36(33,26-10-4-8-22-18-28-14-12-24(22)26)30-16-17-31(20-21-6-2-1-3-7-21)37(34,35)27-11-5-9-23-19-29-15-13-25(23)27/h1-15,18-19,30H,16-17,20H2. The maximum Gasteiger partial charge on any atom is 0.244 e. The summed E-state index contributed by atoms with van der Waals surface area (Å²) in [5, 5.41) is 2.50. The molecule has 2 aromatic heterocycles. The average molecular weight is 533 g/mol. The number of aromatic nitrogens is 2. The minimum absolute atomic E-state index is 0.0652. The minimum atomic E-state index is -3.98. The second-order valence-electron chi connectivity index (χ2n) is 8.43. The quantitative estimate of drug-likeness (QED) is 0.308. The zero-order chi connectivity index (χ0) is 25.9.